The van der Waals surface area contributed by atoms with Crippen molar-refractivity contribution in [1.82, 2.24) is 19.1 Å². The van der Waals surface area contributed by atoms with Crippen LogP contribution in [0.25, 0.3) is 22.1 Å². The molecule has 0 spiro atoms. The van der Waals surface area contributed by atoms with Gasteiger partial charge in [0.2, 0.25) is 0 Å². The number of fused-ring (bicyclic) bond motifs is 2. The van der Waals surface area contributed by atoms with Gasteiger partial charge in [0.1, 0.15) is 0 Å². The van der Waals surface area contributed by atoms with Gasteiger partial charge in [0.05, 0.1) is 34.7 Å². The zero-order valence-electron chi connectivity index (χ0n) is 14.2. The summed E-state index contributed by atoms with van der Waals surface area (Å²) in [6.07, 6.45) is 6.18. The third kappa shape index (κ3) is 2.80. The highest BCUT2D eigenvalue weighted by atomic mass is 15.1. The lowest BCUT2D eigenvalue weighted by Crippen LogP contribution is -2.00. The van der Waals surface area contributed by atoms with Gasteiger partial charge >= 0.3 is 0 Å². The molecule has 2 aromatic carbocycles. The third-order valence-electron chi connectivity index (χ3n) is 4.60. The van der Waals surface area contributed by atoms with Crippen molar-refractivity contribution in [1.29, 1.82) is 0 Å². The molecule has 4 rings (SSSR count). The Labute approximate surface area is 141 Å². The molecule has 122 valence electrons. The van der Waals surface area contributed by atoms with Gasteiger partial charge in [-0.25, -0.2) is 9.97 Å². The van der Waals surface area contributed by atoms with E-state index in [9.17, 15) is 0 Å². The van der Waals surface area contributed by atoms with Crippen molar-refractivity contribution in [3.8, 4) is 0 Å². The fourth-order valence-corrected chi connectivity index (χ4v) is 3.27. The third-order valence-corrected chi connectivity index (χ3v) is 4.60. The monoisotopic (exact) mass is 318 g/mol. The average molecular weight is 318 g/mol. The summed E-state index contributed by atoms with van der Waals surface area (Å²) in [4.78, 5) is 9.01. The molecule has 0 radical (unpaired) electrons. The fourth-order valence-electron chi connectivity index (χ4n) is 3.27. The topological polar surface area (TPSA) is 35.6 Å². The highest BCUT2D eigenvalue weighted by Gasteiger charge is 2.04. The van der Waals surface area contributed by atoms with E-state index in [1.54, 1.807) is 0 Å². The molecule has 0 fully saturated rings. The maximum Gasteiger partial charge on any atom is 0.0958 e. The summed E-state index contributed by atoms with van der Waals surface area (Å²) >= 11 is 0. The molecule has 0 unspecified atom stereocenters. The molecule has 0 amide bonds. The zero-order chi connectivity index (χ0) is 16.5. The lowest BCUT2D eigenvalue weighted by Gasteiger charge is -2.06. The first kappa shape index (κ1) is 14.9. The van der Waals surface area contributed by atoms with E-state index in [1.807, 2.05) is 12.7 Å². The predicted octanol–water partition coefficient (Wildman–Crippen LogP) is 4.48. The number of imidazole rings is 2. The maximum absolute atomic E-state index is 4.51. The van der Waals surface area contributed by atoms with E-state index in [4.69, 9.17) is 0 Å². The Morgan fingerprint density at radius 1 is 0.708 bits per heavy atom. The summed E-state index contributed by atoms with van der Waals surface area (Å²) in [7, 11) is 0. The van der Waals surface area contributed by atoms with Gasteiger partial charge in [-0.3, -0.25) is 0 Å². The van der Waals surface area contributed by atoms with Gasteiger partial charge < -0.3 is 9.13 Å². The summed E-state index contributed by atoms with van der Waals surface area (Å²) in [6, 6.07) is 12.9. The number of aromatic nitrogens is 4. The van der Waals surface area contributed by atoms with Gasteiger partial charge in [-0.15, -0.1) is 0 Å². The Morgan fingerprint density at radius 3 is 1.62 bits per heavy atom. The molecule has 0 aliphatic carbocycles. The van der Waals surface area contributed by atoms with E-state index in [-0.39, 0.29) is 0 Å². The van der Waals surface area contributed by atoms with Crippen LogP contribution in [-0.2, 0) is 13.1 Å². The van der Waals surface area contributed by atoms with Crippen molar-refractivity contribution < 1.29 is 0 Å². The number of hydrogen-bond acceptors (Lipinski definition) is 2. The van der Waals surface area contributed by atoms with Crippen LogP contribution in [0.2, 0.25) is 0 Å². The molecule has 0 aliphatic rings. The first-order chi connectivity index (χ1) is 11.7. The minimum Gasteiger partial charge on any atom is -0.331 e. The van der Waals surface area contributed by atoms with Gasteiger partial charge in [-0.1, -0.05) is 12.1 Å². The smallest absolute Gasteiger partial charge is 0.0958 e. The normalized spacial score (nSPS) is 11.6. The van der Waals surface area contributed by atoms with Gasteiger partial charge in [-0.2, -0.15) is 0 Å². The van der Waals surface area contributed by atoms with Crippen molar-refractivity contribution in [2.75, 3.05) is 0 Å². The minimum absolute atomic E-state index is 1.01. The largest absolute Gasteiger partial charge is 0.331 e. The molecular formula is C20H22N4. The Balaban J connectivity index is 1.40. The minimum atomic E-state index is 1.01. The van der Waals surface area contributed by atoms with Crippen molar-refractivity contribution in [2.24, 2.45) is 0 Å². The van der Waals surface area contributed by atoms with Crippen LogP contribution in [0, 0.1) is 13.8 Å². The second-order valence-corrected chi connectivity index (χ2v) is 6.57. The van der Waals surface area contributed by atoms with E-state index in [0.29, 0.717) is 0 Å². The van der Waals surface area contributed by atoms with E-state index >= 15 is 0 Å². The molecule has 0 saturated heterocycles. The van der Waals surface area contributed by atoms with Crippen LogP contribution in [0.3, 0.4) is 0 Å². The summed E-state index contributed by atoms with van der Waals surface area (Å²) in [5.41, 5.74) is 7.15. The first-order valence-electron chi connectivity index (χ1n) is 8.54. The van der Waals surface area contributed by atoms with Crippen LogP contribution in [0.4, 0.5) is 0 Å². The summed E-state index contributed by atoms with van der Waals surface area (Å²) in [5.74, 6) is 0. The molecule has 0 atom stereocenters. The van der Waals surface area contributed by atoms with Gasteiger partial charge in [0.25, 0.3) is 0 Å². The van der Waals surface area contributed by atoms with Crippen LogP contribution < -0.4 is 0 Å². The van der Waals surface area contributed by atoms with Crippen LogP contribution in [0.15, 0.2) is 49.1 Å². The molecule has 4 heteroatoms. The number of unbranched alkanes of at least 4 members (excludes halogenated alkanes) is 1. The standard InChI is InChI=1S/C20H22N4/c1-15-5-7-19-17(11-15)21-13-23(19)9-3-4-10-24-14-22-18-12-16(2)6-8-20(18)24/h5-8,11-14H,3-4,9-10H2,1-2H3. The van der Waals surface area contributed by atoms with Crippen LogP contribution in [-0.4, -0.2) is 19.1 Å². The van der Waals surface area contributed by atoms with E-state index in [1.165, 1.54) is 22.2 Å². The lowest BCUT2D eigenvalue weighted by molar-refractivity contribution is 0.566. The Morgan fingerprint density at radius 2 is 1.17 bits per heavy atom. The van der Waals surface area contributed by atoms with Crippen LogP contribution in [0.5, 0.6) is 0 Å². The van der Waals surface area contributed by atoms with Gasteiger partial charge in [0, 0.05) is 13.1 Å². The molecule has 4 aromatic rings. The van der Waals surface area contributed by atoms with Crippen LogP contribution >= 0.6 is 0 Å². The van der Waals surface area contributed by atoms with Crippen molar-refractivity contribution in [3.63, 3.8) is 0 Å². The quantitative estimate of drug-likeness (QED) is 0.508. The molecule has 0 bridgehead atoms. The number of benzene rings is 2. The number of aryl methyl sites for hydroxylation is 4. The maximum atomic E-state index is 4.51. The summed E-state index contributed by atoms with van der Waals surface area (Å²) in [6.45, 7) is 6.22. The fraction of sp³-hybridized carbons (Fsp3) is 0.300. The van der Waals surface area contributed by atoms with E-state index < -0.39 is 0 Å². The second-order valence-electron chi connectivity index (χ2n) is 6.57. The second kappa shape index (κ2) is 6.11. The van der Waals surface area contributed by atoms with Crippen LogP contribution in [0.1, 0.15) is 24.0 Å². The molecule has 2 aromatic heterocycles. The molecule has 2 heterocycles. The van der Waals surface area contributed by atoms with Crippen molar-refractivity contribution >= 4 is 22.1 Å². The molecule has 0 aliphatic heterocycles. The molecule has 0 saturated carbocycles. The number of hydrogen-bond donors (Lipinski definition) is 0. The Kier molecular flexibility index (Phi) is 3.81. The lowest BCUT2D eigenvalue weighted by atomic mass is 10.2. The predicted molar refractivity (Wildman–Crippen MR) is 98.2 cm³/mol. The van der Waals surface area contributed by atoms with Crippen molar-refractivity contribution in [3.05, 3.63) is 60.2 Å². The number of rotatable bonds is 5. The summed E-state index contributed by atoms with van der Waals surface area (Å²) < 4.78 is 4.51. The molecule has 0 N–H and O–H groups in total. The zero-order valence-corrected chi connectivity index (χ0v) is 14.2. The first-order valence-corrected chi connectivity index (χ1v) is 8.54. The van der Waals surface area contributed by atoms with Gasteiger partial charge in [0.15, 0.2) is 0 Å². The Hall–Kier alpha value is -2.62. The highest BCUT2D eigenvalue weighted by Crippen LogP contribution is 2.17. The van der Waals surface area contributed by atoms with E-state index in [2.05, 4.69) is 69.3 Å². The molecule has 24 heavy (non-hydrogen) atoms. The average Bonchev–Trinajstić information content (AvgIpc) is 3.15. The molecular weight excluding hydrogens is 296 g/mol. The highest BCUT2D eigenvalue weighted by molar-refractivity contribution is 5.76. The SMILES string of the molecule is Cc1ccc2c(c1)ncn2CCCCn1cnc2cc(C)ccc21. The van der Waals surface area contributed by atoms with Crippen molar-refractivity contribution in [2.45, 2.75) is 39.8 Å². The van der Waals surface area contributed by atoms with Gasteiger partial charge in [-0.05, 0) is 62.1 Å². The number of nitrogens with zero attached hydrogens (tertiary/aromatic N) is 4. The molecule has 4 nitrogen and oxygen atoms in total. The Bertz CT molecular complexity index is 911. The van der Waals surface area contributed by atoms with E-state index in [0.717, 1.165) is 37.0 Å². The summed E-state index contributed by atoms with van der Waals surface area (Å²) in [5, 5.41) is 0.